The summed E-state index contributed by atoms with van der Waals surface area (Å²) in [7, 11) is 3.35. The number of ether oxygens (including phenoxy) is 3. The Kier molecular flexibility index (Phi) is 4.39. The molecule has 1 atom stereocenters. The van der Waals surface area contributed by atoms with Crippen LogP contribution in [0.5, 0.6) is 17.2 Å². The van der Waals surface area contributed by atoms with Crippen molar-refractivity contribution in [1.29, 1.82) is 0 Å². The van der Waals surface area contributed by atoms with Crippen LogP contribution in [0.3, 0.4) is 0 Å². The summed E-state index contributed by atoms with van der Waals surface area (Å²) in [4.78, 5) is 14.5. The van der Waals surface area contributed by atoms with Crippen LogP contribution in [0.25, 0.3) is 11.0 Å². The Balaban J connectivity index is 1.51. The maximum Gasteiger partial charge on any atom is 0.289 e. The number of amides is 1. The molecule has 1 aromatic heterocycles. The zero-order valence-corrected chi connectivity index (χ0v) is 15.5. The molecular formula is C21H21NO5. The predicted molar refractivity (Wildman–Crippen MR) is 101 cm³/mol. The van der Waals surface area contributed by atoms with Gasteiger partial charge in [0.2, 0.25) is 0 Å². The van der Waals surface area contributed by atoms with Crippen LogP contribution in [0.4, 0.5) is 0 Å². The van der Waals surface area contributed by atoms with Crippen LogP contribution in [0, 0.1) is 6.92 Å². The lowest BCUT2D eigenvalue weighted by atomic mass is 10.1. The van der Waals surface area contributed by atoms with Gasteiger partial charge < -0.3 is 23.5 Å². The molecule has 0 saturated carbocycles. The molecule has 0 radical (unpaired) electrons. The van der Waals surface area contributed by atoms with Crippen molar-refractivity contribution in [1.82, 2.24) is 4.90 Å². The van der Waals surface area contributed by atoms with Gasteiger partial charge in [0.25, 0.3) is 5.91 Å². The predicted octanol–water partition coefficient (Wildman–Crippen LogP) is 3.66. The van der Waals surface area contributed by atoms with Crippen LogP contribution in [0.1, 0.15) is 16.1 Å². The molecule has 1 aliphatic heterocycles. The van der Waals surface area contributed by atoms with Gasteiger partial charge in [-0.1, -0.05) is 12.1 Å². The Hall–Kier alpha value is -3.15. The summed E-state index contributed by atoms with van der Waals surface area (Å²) in [6, 6.07) is 13.0. The van der Waals surface area contributed by atoms with E-state index in [9.17, 15) is 4.79 Å². The molecule has 1 aliphatic rings. The number of benzene rings is 2. The third-order valence-electron chi connectivity index (χ3n) is 4.73. The molecule has 2 aromatic carbocycles. The van der Waals surface area contributed by atoms with Crippen LogP contribution in [0.2, 0.25) is 0 Å². The Morgan fingerprint density at radius 1 is 1.22 bits per heavy atom. The second kappa shape index (κ2) is 6.87. The van der Waals surface area contributed by atoms with Crippen molar-refractivity contribution in [2.24, 2.45) is 0 Å². The second-order valence-electron chi connectivity index (χ2n) is 6.60. The third-order valence-corrected chi connectivity index (χ3v) is 4.73. The Morgan fingerprint density at radius 3 is 2.78 bits per heavy atom. The van der Waals surface area contributed by atoms with Gasteiger partial charge in [-0.2, -0.15) is 0 Å². The molecule has 0 aliphatic carbocycles. The van der Waals surface area contributed by atoms with E-state index in [1.165, 1.54) is 0 Å². The molecule has 0 saturated heterocycles. The number of fused-ring (bicyclic) bond motifs is 2. The quantitative estimate of drug-likeness (QED) is 0.704. The maximum absolute atomic E-state index is 12.9. The minimum absolute atomic E-state index is 0.190. The van der Waals surface area contributed by atoms with E-state index < -0.39 is 0 Å². The van der Waals surface area contributed by atoms with Crippen LogP contribution in [-0.4, -0.2) is 44.2 Å². The summed E-state index contributed by atoms with van der Waals surface area (Å²) in [5, 5.41) is 0.872. The van der Waals surface area contributed by atoms with Gasteiger partial charge in [0, 0.05) is 18.0 Å². The summed E-state index contributed by atoms with van der Waals surface area (Å²) in [6.07, 6.45) is -0.237. The van der Waals surface area contributed by atoms with E-state index in [0.717, 1.165) is 22.4 Å². The first-order valence-electron chi connectivity index (χ1n) is 8.78. The summed E-state index contributed by atoms with van der Waals surface area (Å²) >= 11 is 0. The lowest BCUT2D eigenvalue weighted by molar-refractivity contribution is 0.0502. The number of furan rings is 1. The molecule has 0 bridgehead atoms. The largest absolute Gasteiger partial charge is 0.497 e. The molecule has 27 heavy (non-hydrogen) atoms. The average Bonchev–Trinajstić information content (AvgIpc) is 3.03. The monoisotopic (exact) mass is 367 g/mol. The normalized spacial score (nSPS) is 15.6. The van der Waals surface area contributed by atoms with Gasteiger partial charge in [-0.25, -0.2) is 0 Å². The number of aryl methyl sites for hydroxylation is 1. The van der Waals surface area contributed by atoms with E-state index in [1.807, 2.05) is 49.4 Å². The van der Waals surface area contributed by atoms with Gasteiger partial charge >= 0.3 is 0 Å². The van der Waals surface area contributed by atoms with Gasteiger partial charge in [0.05, 0.1) is 13.7 Å². The van der Waals surface area contributed by atoms with E-state index in [-0.39, 0.29) is 12.0 Å². The smallest absolute Gasteiger partial charge is 0.289 e. The number of likely N-dealkylation sites (N-methyl/N-ethyl adjacent to an activating group) is 1. The van der Waals surface area contributed by atoms with Crippen LogP contribution in [-0.2, 0) is 0 Å². The molecule has 3 aromatic rings. The fraction of sp³-hybridized carbons (Fsp3) is 0.286. The second-order valence-corrected chi connectivity index (χ2v) is 6.60. The number of nitrogens with zero attached hydrogens (tertiary/aromatic N) is 1. The van der Waals surface area contributed by atoms with Gasteiger partial charge in [-0.15, -0.1) is 0 Å². The molecule has 6 nitrogen and oxygen atoms in total. The van der Waals surface area contributed by atoms with Gasteiger partial charge in [-0.3, -0.25) is 4.79 Å². The number of para-hydroxylation sites is 2. The molecule has 0 N–H and O–H groups in total. The number of rotatable bonds is 4. The van der Waals surface area contributed by atoms with Crippen molar-refractivity contribution in [3.63, 3.8) is 0 Å². The van der Waals surface area contributed by atoms with Crippen molar-refractivity contribution in [2.75, 3.05) is 27.3 Å². The fourth-order valence-corrected chi connectivity index (χ4v) is 3.25. The zero-order valence-electron chi connectivity index (χ0n) is 15.5. The highest BCUT2D eigenvalue weighted by Crippen LogP contribution is 2.32. The molecule has 140 valence electrons. The van der Waals surface area contributed by atoms with Crippen molar-refractivity contribution in [3.8, 4) is 17.2 Å². The van der Waals surface area contributed by atoms with Gasteiger partial charge in [0.1, 0.15) is 17.9 Å². The van der Waals surface area contributed by atoms with Crippen molar-refractivity contribution in [3.05, 3.63) is 53.8 Å². The maximum atomic E-state index is 12.9. The van der Waals surface area contributed by atoms with Crippen molar-refractivity contribution in [2.45, 2.75) is 13.0 Å². The Morgan fingerprint density at radius 2 is 2.00 bits per heavy atom. The van der Waals surface area contributed by atoms with Gasteiger partial charge in [0.15, 0.2) is 23.4 Å². The summed E-state index contributed by atoms with van der Waals surface area (Å²) in [5.41, 5.74) is 1.46. The van der Waals surface area contributed by atoms with Crippen LogP contribution in [0.15, 0.2) is 46.9 Å². The molecule has 6 heteroatoms. The summed E-state index contributed by atoms with van der Waals surface area (Å²) < 4.78 is 22.7. The third kappa shape index (κ3) is 3.18. The lowest BCUT2D eigenvalue weighted by Gasteiger charge is -2.29. The number of carbonyl (C=O) groups is 1. The molecule has 1 unspecified atom stereocenters. The number of hydrogen-bond acceptors (Lipinski definition) is 5. The zero-order chi connectivity index (χ0) is 19.0. The highest BCUT2D eigenvalue weighted by molar-refractivity contribution is 5.99. The highest BCUT2D eigenvalue weighted by Gasteiger charge is 2.27. The molecule has 0 spiro atoms. The highest BCUT2D eigenvalue weighted by atomic mass is 16.6. The first-order valence-corrected chi connectivity index (χ1v) is 8.78. The Labute approximate surface area is 157 Å². The number of carbonyl (C=O) groups excluding carboxylic acids is 1. The molecular weight excluding hydrogens is 346 g/mol. The summed E-state index contributed by atoms with van der Waals surface area (Å²) in [6.45, 7) is 2.67. The summed E-state index contributed by atoms with van der Waals surface area (Å²) in [5.74, 6) is 2.29. The molecule has 2 heterocycles. The first-order chi connectivity index (χ1) is 13.1. The van der Waals surface area contributed by atoms with E-state index >= 15 is 0 Å². The van der Waals surface area contributed by atoms with E-state index in [4.69, 9.17) is 18.6 Å². The SMILES string of the molecule is COc1ccc2oc(C(=O)N(C)CC3COc4ccccc4O3)c(C)c2c1. The first kappa shape index (κ1) is 17.3. The topological polar surface area (TPSA) is 61.1 Å². The van der Waals surface area contributed by atoms with E-state index in [1.54, 1.807) is 19.1 Å². The van der Waals surface area contributed by atoms with Gasteiger partial charge in [-0.05, 0) is 37.3 Å². The number of methoxy groups -OCH3 is 1. The van der Waals surface area contributed by atoms with Crippen LogP contribution >= 0.6 is 0 Å². The molecule has 0 fully saturated rings. The molecule has 4 rings (SSSR count). The number of hydrogen-bond donors (Lipinski definition) is 0. The standard InChI is InChI=1S/C21H21NO5/c1-13-16-10-14(24-3)8-9-17(16)27-20(13)21(23)22(2)11-15-12-25-18-6-4-5-7-19(18)26-15/h4-10,15H,11-12H2,1-3H3. The van der Waals surface area contributed by atoms with E-state index in [2.05, 4.69) is 0 Å². The minimum Gasteiger partial charge on any atom is -0.497 e. The average molecular weight is 367 g/mol. The lowest BCUT2D eigenvalue weighted by Crippen LogP contribution is -2.41. The van der Waals surface area contributed by atoms with Crippen molar-refractivity contribution >= 4 is 16.9 Å². The van der Waals surface area contributed by atoms with Crippen molar-refractivity contribution < 1.29 is 23.4 Å². The molecule has 1 amide bonds. The Bertz CT molecular complexity index is 993. The minimum atomic E-state index is -0.237. The fourth-order valence-electron chi connectivity index (χ4n) is 3.25. The van der Waals surface area contributed by atoms with E-state index in [0.29, 0.717) is 30.2 Å². The van der Waals surface area contributed by atoms with Crippen LogP contribution < -0.4 is 14.2 Å².